The number of hydrogen-bond acceptors (Lipinski definition) is 6. The lowest BCUT2D eigenvalue weighted by molar-refractivity contribution is -0.116. The van der Waals surface area contributed by atoms with E-state index in [-0.39, 0.29) is 11.9 Å². The fourth-order valence-corrected chi connectivity index (χ4v) is 4.84. The average Bonchev–Trinajstić information content (AvgIpc) is 3.28. The number of hydrogen-bond donors (Lipinski definition) is 2. The fraction of sp³-hybridized carbons (Fsp3) is 0.125. The number of nitrogens with zero attached hydrogens (tertiary/aromatic N) is 3. The standard InChI is InChI=1S/C24H20ClN5O2S/c1-32-19-13-11-18(12-14-19)26-23(31)21-20(15-7-9-17(25)10-8-15)29-30-22(27-28-24(30)33-21)16-5-3-2-4-6-16/h2-14,20-21,29H,1H3,(H,26,31)/t20-,21-/m1/s1. The van der Waals surface area contributed by atoms with Gasteiger partial charge in [0, 0.05) is 16.3 Å². The molecule has 7 nitrogen and oxygen atoms in total. The third-order valence-electron chi connectivity index (χ3n) is 5.31. The first-order valence-corrected chi connectivity index (χ1v) is 11.5. The van der Waals surface area contributed by atoms with Crippen molar-refractivity contribution in [2.24, 2.45) is 0 Å². The first-order chi connectivity index (χ1) is 16.1. The van der Waals surface area contributed by atoms with Crippen molar-refractivity contribution in [2.45, 2.75) is 16.4 Å². The van der Waals surface area contributed by atoms with E-state index >= 15 is 0 Å². The number of benzene rings is 3. The molecule has 0 saturated carbocycles. The lowest BCUT2D eigenvalue weighted by Crippen LogP contribution is -2.41. The van der Waals surface area contributed by atoms with Crippen LogP contribution in [-0.4, -0.2) is 33.1 Å². The van der Waals surface area contributed by atoms with Crippen LogP contribution in [0.4, 0.5) is 5.69 Å². The first kappa shape index (κ1) is 21.4. The second kappa shape index (κ2) is 9.17. The smallest absolute Gasteiger partial charge is 0.240 e. The number of thioether (sulfide) groups is 1. The zero-order valence-electron chi connectivity index (χ0n) is 17.6. The minimum absolute atomic E-state index is 0.145. The number of ether oxygens (including phenoxy) is 1. The average molecular weight is 478 g/mol. The van der Waals surface area contributed by atoms with Crippen LogP contribution >= 0.6 is 23.4 Å². The highest BCUT2D eigenvalue weighted by atomic mass is 35.5. The van der Waals surface area contributed by atoms with Crippen molar-refractivity contribution in [1.29, 1.82) is 0 Å². The van der Waals surface area contributed by atoms with Gasteiger partial charge in [-0.05, 0) is 42.0 Å². The van der Waals surface area contributed by atoms with Crippen LogP contribution in [-0.2, 0) is 4.79 Å². The minimum Gasteiger partial charge on any atom is -0.497 e. The van der Waals surface area contributed by atoms with E-state index in [2.05, 4.69) is 20.9 Å². The van der Waals surface area contributed by atoms with E-state index in [9.17, 15) is 4.79 Å². The molecule has 0 radical (unpaired) electrons. The van der Waals surface area contributed by atoms with Gasteiger partial charge in [-0.25, -0.2) is 4.68 Å². The van der Waals surface area contributed by atoms with Crippen LogP contribution < -0.4 is 15.5 Å². The Balaban J connectivity index is 1.48. The molecule has 3 aromatic carbocycles. The zero-order valence-corrected chi connectivity index (χ0v) is 19.2. The number of fused-ring (bicyclic) bond motifs is 1. The Morgan fingerprint density at radius 2 is 1.76 bits per heavy atom. The molecule has 1 aromatic heterocycles. The molecule has 2 atom stereocenters. The molecule has 1 aliphatic heterocycles. The predicted molar refractivity (Wildman–Crippen MR) is 130 cm³/mol. The van der Waals surface area contributed by atoms with E-state index in [0.717, 1.165) is 16.9 Å². The molecular weight excluding hydrogens is 458 g/mol. The second-order valence-electron chi connectivity index (χ2n) is 7.42. The summed E-state index contributed by atoms with van der Waals surface area (Å²) in [5, 5.41) is 12.5. The minimum atomic E-state index is -0.492. The molecule has 0 spiro atoms. The van der Waals surface area contributed by atoms with E-state index in [1.54, 1.807) is 19.2 Å². The first-order valence-electron chi connectivity index (χ1n) is 10.3. The SMILES string of the molecule is COc1ccc(NC(=O)[C@@H]2Sc3nnc(-c4ccccc4)n3N[C@@H]2c2ccc(Cl)cc2)cc1. The van der Waals surface area contributed by atoms with E-state index in [1.807, 2.05) is 71.4 Å². The normalized spacial score (nSPS) is 17.0. The maximum atomic E-state index is 13.4. The third-order valence-corrected chi connectivity index (χ3v) is 6.78. The van der Waals surface area contributed by atoms with Gasteiger partial charge in [-0.3, -0.25) is 4.79 Å². The van der Waals surface area contributed by atoms with Crippen molar-refractivity contribution in [3.63, 3.8) is 0 Å². The molecule has 2 heterocycles. The van der Waals surface area contributed by atoms with E-state index < -0.39 is 5.25 Å². The molecule has 1 amide bonds. The predicted octanol–water partition coefficient (Wildman–Crippen LogP) is 5.00. The lowest BCUT2D eigenvalue weighted by atomic mass is 10.0. The Labute approximate surface area is 200 Å². The molecule has 166 valence electrons. The van der Waals surface area contributed by atoms with E-state index in [1.165, 1.54) is 11.8 Å². The van der Waals surface area contributed by atoms with Crippen LogP contribution in [0, 0.1) is 0 Å². The van der Waals surface area contributed by atoms with Gasteiger partial charge in [0.15, 0.2) is 5.82 Å². The molecule has 0 bridgehead atoms. The van der Waals surface area contributed by atoms with Crippen LogP contribution in [0.5, 0.6) is 5.75 Å². The molecule has 0 saturated heterocycles. The van der Waals surface area contributed by atoms with Crippen LogP contribution in [0.25, 0.3) is 11.4 Å². The van der Waals surface area contributed by atoms with Gasteiger partial charge in [0.25, 0.3) is 0 Å². The van der Waals surface area contributed by atoms with Crippen LogP contribution in [0.2, 0.25) is 5.02 Å². The number of halogens is 1. The van der Waals surface area contributed by atoms with Gasteiger partial charge in [0.05, 0.1) is 13.2 Å². The highest BCUT2D eigenvalue weighted by Gasteiger charge is 2.38. The largest absolute Gasteiger partial charge is 0.497 e. The molecule has 2 N–H and O–H groups in total. The number of aromatic nitrogens is 3. The monoisotopic (exact) mass is 477 g/mol. The summed E-state index contributed by atoms with van der Waals surface area (Å²) in [6.45, 7) is 0. The molecule has 9 heteroatoms. The van der Waals surface area contributed by atoms with Crippen molar-refractivity contribution < 1.29 is 9.53 Å². The van der Waals surface area contributed by atoms with Crippen LogP contribution in [0.15, 0.2) is 84.0 Å². The van der Waals surface area contributed by atoms with Gasteiger partial charge in [0.2, 0.25) is 11.1 Å². The van der Waals surface area contributed by atoms with Crippen molar-refractivity contribution in [1.82, 2.24) is 14.9 Å². The molecule has 0 unspecified atom stereocenters. The summed E-state index contributed by atoms with van der Waals surface area (Å²) in [5.41, 5.74) is 6.01. The number of rotatable bonds is 5. The fourth-order valence-electron chi connectivity index (χ4n) is 3.64. The van der Waals surface area contributed by atoms with Gasteiger partial charge in [-0.15, -0.1) is 10.2 Å². The van der Waals surface area contributed by atoms with Gasteiger partial charge in [0.1, 0.15) is 11.0 Å². The maximum absolute atomic E-state index is 13.4. The van der Waals surface area contributed by atoms with E-state index in [0.29, 0.717) is 21.7 Å². The number of amides is 1. The molecule has 5 rings (SSSR count). The number of carbonyl (C=O) groups is 1. The number of carbonyl (C=O) groups excluding carboxylic acids is 1. The molecule has 1 aliphatic rings. The van der Waals surface area contributed by atoms with Crippen molar-refractivity contribution in [3.8, 4) is 17.1 Å². The highest BCUT2D eigenvalue weighted by Crippen LogP contribution is 2.39. The van der Waals surface area contributed by atoms with Gasteiger partial charge in [-0.2, -0.15) is 0 Å². The zero-order chi connectivity index (χ0) is 22.8. The quantitative estimate of drug-likeness (QED) is 0.421. The van der Waals surface area contributed by atoms with Gasteiger partial charge < -0.3 is 15.5 Å². The molecule has 4 aromatic rings. The molecule has 0 aliphatic carbocycles. The molecule has 0 fully saturated rings. The number of anilines is 1. The van der Waals surface area contributed by atoms with E-state index in [4.69, 9.17) is 16.3 Å². The molecular formula is C24H20ClN5O2S. The highest BCUT2D eigenvalue weighted by molar-refractivity contribution is 8.00. The lowest BCUT2D eigenvalue weighted by Gasteiger charge is -2.33. The Morgan fingerprint density at radius 3 is 2.45 bits per heavy atom. The van der Waals surface area contributed by atoms with Crippen LogP contribution in [0.1, 0.15) is 11.6 Å². The summed E-state index contributed by atoms with van der Waals surface area (Å²) in [6, 6.07) is 24.2. The summed E-state index contributed by atoms with van der Waals surface area (Å²) in [7, 11) is 1.61. The van der Waals surface area contributed by atoms with Crippen molar-refractivity contribution >= 4 is 35.0 Å². The summed E-state index contributed by atoms with van der Waals surface area (Å²) in [6.07, 6.45) is 0. The maximum Gasteiger partial charge on any atom is 0.240 e. The van der Waals surface area contributed by atoms with Crippen molar-refractivity contribution in [2.75, 3.05) is 17.9 Å². The Morgan fingerprint density at radius 1 is 1.03 bits per heavy atom. The van der Waals surface area contributed by atoms with Gasteiger partial charge in [-0.1, -0.05) is 65.8 Å². The van der Waals surface area contributed by atoms with Crippen LogP contribution in [0.3, 0.4) is 0 Å². The van der Waals surface area contributed by atoms with Crippen molar-refractivity contribution in [3.05, 3.63) is 89.4 Å². The van der Waals surface area contributed by atoms with Gasteiger partial charge >= 0.3 is 0 Å². The Bertz CT molecular complexity index is 1260. The second-order valence-corrected chi connectivity index (χ2v) is 8.97. The summed E-state index contributed by atoms with van der Waals surface area (Å²) in [5.74, 6) is 1.27. The third kappa shape index (κ3) is 4.40. The summed E-state index contributed by atoms with van der Waals surface area (Å²) >= 11 is 7.48. The molecule has 33 heavy (non-hydrogen) atoms. The Kier molecular flexibility index (Phi) is 5.93. The number of methoxy groups -OCH3 is 1. The topological polar surface area (TPSA) is 81.1 Å². The summed E-state index contributed by atoms with van der Waals surface area (Å²) in [4.78, 5) is 13.4. The Hall–Kier alpha value is -3.49. The summed E-state index contributed by atoms with van der Waals surface area (Å²) < 4.78 is 7.04. The number of nitrogens with one attached hydrogen (secondary N) is 2.